The molecule has 0 saturated heterocycles. The third-order valence-corrected chi connectivity index (χ3v) is 5.88. The number of thiophene rings is 2. The first-order valence-electron chi connectivity index (χ1n) is 8.04. The van der Waals surface area contributed by atoms with Gasteiger partial charge in [0.25, 0.3) is 5.91 Å². The van der Waals surface area contributed by atoms with Crippen LogP contribution in [0.4, 0.5) is 0 Å². The quantitative estimate of drug-likeness (QED) is 0.578. The molecule has 0 unspecified atom stereocenters. The van der Waals surface area contributed by atoms with Gasteiger partial charge in [-0.2, -0.15) is 5.26 Å². The Kier molecular flexibility index (Phi) is 5.69. The number of rotatable bonds is 6. The summed E-state index contributed by atoms with van der Waals surface area (Å²) < 4.78 is 5.80. The molecule has 0 aliphatic carbocycles. The fourth-order valence-corrected chi connectivity index (χ4v) is 4.17. The number of nitrogens with zero attached hydrogens (tertiary/aromatic N) is 2. The van der Waals surface area contributed by atoms with Crippen LogP contribution in [0.5, 0.6) is 5.75 Å². The first kappa shape index (κ1) is 18.8. The van der Waals surface area contributed by atoms with Gasteiger partial charge in [-0.05, 0) is 48.0 Å². The molecule has 7 heteroatoms. The summed E-state index contributed by atoms with van der Waals surface area (Å²) in [5.41, 5.74) is 1.29. The number of carbonyl (C=O) groups is 2. The van der Waals surface area contributed by atoms with Gasteiger partial charge in [-0.1, -0.05) is 0 Å². The Bertz CT molecular complexity index is 1030. The molecular weight excluding hydrogens is 380 g/mol. The highest BCUT2D eigenvalue weighted by Crippen LogP contribution is 2.31. The molecule has 0 radical (unpaired) electrons. The minimum Gasteiger partial charge on any atom is -0.487 e. The van der Waals surface area contributed by atoms with E-state index >= 15 is 0 Å². The Balaban J connectivity index is 1.75. The summed E-state index contributed by atoms with van der Waals surface area (Å²) >= 11 is 2.75. The number of amides is 1. The summed E-state index contributed by atoms with van der Waals surface area (Å²) in [6.07, 6.45) is 0.813. The predicted octanol–water partition coefficient (Wildman–Crippen LogP) is 4.44. The van der Waals surface area contributed by atoms with Crippen molar-refractivity contribution in [1.82, 2.24) is 4.90 Å². The number of hydrogen-bond acceptors (Lipinski definition) is 6. The van der Waals surface area contributed by atoms with Crippen LogP contribution in [0.3, 0.4) is 0 Å². The van der Waals surface area contributed by atoms with Crippen molar-refractivity contribution >= 4 is 34.9 Å². The van der Waals surface area contributed by atoms with Gasteiger partial charge in [0, 0.05) is 23.8 Å². The summed E-state index contributed by atoms with van der Waals surface area (Å²) in [7, 11) is 3.43. The fraction of sp³-hybridized carbons (Fsp3) is 0.150. The lowest BCUT2D eigenvalue weighted by Crippen LogP contribution is -2.20. The number of benzene rings is 1. The van der Waals surface area contributed by atoms with E-state index in [0.717, 1.165) is 21.6 Å². The zero-order valence-electron chi connectivity index (χ0n) is 14.8. The van der Waals surface area contributed by atoms with E-state index in [-0.39, 0.29) is 12.5 Å². The standard InChI is InChI=1S/C20H16N2O3S2/c1-22(2)20(24)19-8-5-16(27-19)12-25-17-6-3-13(9-14(17)10-21)18-7-4-15(11-23)26-18/h3-9,11H,12H2,1-2H3. The molecule has 0 N–H and O–H groups in total. The minimum atomic E-state index is -0.0426. The highest BCUT2D eigenvalue weighted by Gasteiger charge is 2.13. The molecule has 5 nitrogen and oxygen atoms in total. The van der Waals surface area contributed by atoms with Gasteiger partial charge in [0.2, 0.25) is 0 Å². The van der Waals surface area contributed by atoms with E-state index in [9.17, 15) is 14.9 Å². The molecule has 0 bridgehead atoms. The molecule has 2 heterocycles. The SMILES string of the molecule is CN(C)C(=O)c1ccc(COc2ccc(-c3ccc(C=O)s3)cc2C#N)s1. The average Bonchev–Trinajstić information content (AvgIpc) is 3.35. The number of carbonyl (C=O) groups excluding carboxylic acids is 2. The van der Waals surface area contributed by atoms with Crippen molar-refractivity contribution in [3.63, 3.8) is 0 Å². The molecule has 1 aromatic carbocycles. The van der Waals surface area contributed by atoms with Gasteiger partial charge < -0.3 is 9.64 Å². The Morgan fingerprint density at radius 1 is 1.19 bits per heavy atom. The predicted molar refractivity (Wildman–Crippen MR) is 107 cm³/mol. The van der Waals surface area contributed by atoms with E-state index in [2.05, 4.69) is 6.07 Å². The van der Waals surface area contributed by atoms with E-state index in [0.29, 0.717) is 21.1 Å². The van der Waals surface area contributed by atoms with Crippen LogP contribution in [0.15, 0.2) is 42.5 Å². The largest absolute Gasteiger partial charge is 0.487 e. The normalized spacial score (nSPS) is 10.3. The van der Waals surface area contributed by atoms with Gasteiger partial charge in [0.15, 0.2) is 6.29 Å². The van der Waals surface area contributed by atoms with E-state index < -0.39 is 0 Å². The maximum Gasteiger partial charge on any atom is 0.263 e. The summed E-state index contributed by atoms with van der Waals surface area (Å²) in [5.74, 6) is 0.446. The molecule has 2 aromatic heterocycles. The van der Waals surface area contributed by atoms with Gasteiger partial charge in [-0.3, -0.25) is 9.59 Å². The average molecular weight is 396 g/mol. The van der Waals surface area contributed by atoms with E-state index in [4.69, 9.17) is 4.74 Å². The van der Waals surface area contributed by atoms with Crippen LogP contribution in [0, 0.1) is 11.3 Å². The topological polar surface area (TPSA) is 70.4 Å². The Morgan fingerprint density at radius 3 is 2.67 bits per heavy atom. The van der Waals surface area contributed by atoms with Crippen LogP contribution in [0.2, 0.25) is 0 Å². The molecule has 27 heavy (non-hydrogen) atoms. The molecule has 3 rings (SSSR count). The van der Waals surface area contributed by atoms with Gasteiger partial charge in [0.1, 0.15) is 18.4 Å². The summed E-state index contributed by atoms with van der Waals surface area (Å²) in [6.45, 7) is 0.285. The zero-order chi connectivity index (χ0) is 19.4. The lowest BCUT2D eigenvalue weighted by molar-refractivity contribution is 0.0832. The summed E-state index contributed by atoms with van der Waals surface area (Å²) in [6, 6.07) is 14.8. The van der Waals surface area contributed by atoms with Crippen molar-refractivity contribution in [1.29, 1.82) is 5.26 Å². The highest BCUT2D eigenvalue weighted by atomic mass is 32.1. The van der Waals surface area contributed by atoms with Gasteiger partial charge >= 0.3 is 0 Å². The van der Waals surface area contributed by atoms with Crippen molar-refractivity contribution < 1.29 is 14.3 Å². The highest BCUT2D eigenvalue weighted by molar-refractivity contribution is 7.17. The van der Waals surface area contributed by atoms with Crippen LogP contribution in [-0.4, -0.2) is 31.2 Å². The molecule has 1 amide bonds. The Labute approximate surface area is 165 Å². The number of nitriles is 1. The molecule has 0 spiro atoms. The zero-order valence-corrected chi connectivity index (χ0v) is 16.4. The van der Waals surface area contributed by atoms with Crippen molar-refractivity contribution in [3.05, 3.63) is 62.7 Å². The maximum absolute atomic E-state index is 12.0. The van der Waals surface area contributed by atoms with Crippen LogP contribution >= 0.6 is 22.7 Å². The minimum absolute atomic E-state index is 0.0426. The molecule has 0 fully saturated rings. The molecule has 0 aliphatic rings. The third kappa shape index (κ3) is 4.25. The lowest BCUT2D eigenvalue weighted by Gasteiger charge is -2.09. The van der Waals surface area contributed by atoms with Crippen molar-refractivity contribution in [2.45, 2.75) is 6.61 Å². The molecule has 3 aromatic rings. The fourth-order valence-electron chi connectivity index (χ4n) is 2.41. The first-order valence-corrected chi connectivity index (χ1v) is 9.68. The Hall–Kier alpha value is -2.95. The molecule has 0 aliphatic heterocycles. The first-order chi connectivity index (χ1) is 13.0. The van der Waals surface area contributed by atoms with Crippen LogP contribution < -0.4 is 4.74 Å². The molecule has 136 valence electrons. The number of ether oxygens (including phenoxy) is 1. The van der Waals surface area contributed by atoms with Gasteiger partial charge in [-0.15, -0.1) is 22.7 Å². The monoisotopic (exact) mass is 396 g/mol. The number of aldehydes is 1. The van der Waals surface area contributed by atoms with E-state index in [1.54, 1.807) is 38.4 Å². The van der Waals surface area contributed by atoms with Crippen LogP contribution in [-0.2, 0) is 6.61 Å². The lowest BCUT2D eigenvalue weighted by atomic mass is 10.1. The molecule has 0 saturated carbocycles. The molecule has 0 atom stereocenters. The summed E-state index contributed by atoms with van der Waals surface area (Å²) in [4.78, 5) is 27.5. The van der Waals surface area contributed by atoms with E-state index in [1.807, 2.05) is 18.2 Å². The second-order valence-electron chi connectivity index (χ2n) is 5.90. The van der Waals surface area contributed by atoms with Crippen molar-refractivity contribution in [2.24, 2.45) is 0 Å². The maximum atomic E-state index is 12.0. The second-order valence-corrected chi connectivity index (χ2v) is 8.18. The van der Waals surface area contributed by atoms with Crippen LogP contribution in [0.25, 0.3) is 10.4 Å². The van der Waals surface area contributed by atoms with Crippen molar-refractivity contribution in [2.75, 3.05) is 14.1 Å². The number of hydrogen-bond donors (Lipinski definition) is 0. The van der Waals surface area contributed by atoms with Gasteiger partial charge in [-0.25, -0.2) is 0 Å². The molecular formula is C20H16N2O3S2. The second kappa shape index (κ2) is 8.16. The Morgan fingerprint density at radius 2 is 2.00 bits per heavy atom. The summed E-state index contributed by atoms with van der Waals surface area (Å²) in [5, 5.41) is 9.45. The third-order valence-electron chi connectivity index (χ3n) is 3.78. The smallest absolute Gasteiger partial charge is 0.263 e. The van der Waals surface area contributed by atoms with Gasteiger partial charge in [0.05, 0.1) is 15.3 Å². The van der Waals surface area contributed by atoms with Crippen molar-refractivity contribution in [3.8, 4) is 22.3 Å². The van der Waals surface area contributed by atoms with E-state index in [1.165, 1.54) is 27.6 Å². The van der Waals surface area contributed by atoms with Crippen LogP contribution in [0.1, 0.15) is 29.8 Å².